The van der Waals surface area contributed by atoms with Crippen LogP contribution in [-0.2, 0) is 28.5 Å². The summed E-state index contributed by atoms with van der Waals surface area (Å²) in [5.74, 6) is -0.727. The van der Waals surface area contributed by atoms with Gasteiger partial charge in [-0.15, -0.1) is 0 Å². The molecule has 1 rings (SSSR count). The van der Waals surface area contributed by atoms with E-state index in [-0.39, 0.29) is 37.4 Å². The summed E-state index contributed by atoms with van der Waals surface area (Å²) in [6, 6.07) is 0. The Balaban J connectivity index is 2.22. The molecule has 1 aliphatic rings. The van der Waals surface area contributed by atoms with Crippen LogP contribution in [-0.4, -0.2) is 44.7 Å². The summed E-state index contributed by atoms with van der Waals surface area (Å²) in [6.07, 6.45) is 3.64. The van der Waals surface area contributed by atoms with Gasteiger partial charge in [-0.3, -0.25) is 9.59 Å². The first-order chi connectivity index (χ1) is 9.58. The lowest BCUT2D eigenvalue weighted by molar-refractivity contribution is -0.167. The minimum Gasteiger partial charge on any atom is -0.465 e. The lowest BCUT2D eigenvalue weighted by Crippen LogP contribution is -2.25. The fraction of sp³-hybridized carbons (Fsp3) is 0.857. The maximum absolute atomic E-state index is 10.8. The van der Waals surface area contributed by atoms with Crippen LogP contribution in [0.15, 0.2) is 0 Å². The van der Waals surface area contributed by atoms with Crippen LogP contribution < -0.4 is 0 Å². The van der Waals surface area contributed by atoms with E-state index in [1.54, 1.807) is 0 Å². The molecule has 0 bridgehead atoms. The van der Waals surface area contributed by atoms with Crippen molar-refractivity contribution in [2.24, 2.45) is 5.92 Å². The Labute approximate surface area is 119 Å². The van der Waals surface area contributed by atoms with Crippen LogP contribution in [0.2, 0.25) is 0 Å². The Morgan fingerprint density at radius 2 is 1.80 bits per heavy atom. The first-order valence-corrected chi connectivity index (χ1v) is 7.08. The predicted octanol–water partition coefficient (Wildman–Crippen LogP) is 1.66. The summed E-state index contributed by atoms with van der Waals surface area (Å²) < 4.78 is 21.0. The molecule has 116 valence electrons. The summed E-state index contributed by atoms with van der Waals surface area (Å²) >= 11 is 0. The normalized spacial score (nSPS) is 18.9. The fourth-order valence-corrected chi connectivity index (χ4v) is 1.89. The van der Waals surface area contributed by atoms with E-state index < -0.39 is 0 Å². The van der Waals surface area contributed by atoms with Crippen molar-refractivity contribution in [3.63, 3.8) is 0 Å². The SMILES string of the molecule is CC(=O)OCC(CCOC1CCCCO1)COC(C)=O. The summed E-state index contributed by atoms with van der Waals surface area (Å²) in [4.78, 5) is 21.7. The van der Waals surface area contributed by atoms with Gasteiger partial charge in [-0.05, 0) is 25.7 Å². The largest absolute Gasteiger partial charge is 0.465 e. The highest BCUT2D eigenvalue weighted by Crippen LogP contribution is 2.15. The van der Waals surface area contributed by atoms with Crippen LogP contribution in [0, 0.1) is 5.92 Å². The lowest BCUT2D eigenvalue weighted by Gasteiger charge is -2.24. The molecule has 0 aromatic carbocycles. The van der Waals surface area contributed by atoms with Gasteiger partial charge >= 0.3 is 11.9 Å². The smallest absolute Gasteiger partial charge is 0.302 e. The van der Waals surface area contributed by atoms with Gasteiger partial charge in [0.05, 0.1) is 19.8 Å². The fourth-order valence-electron chi connectivity index (χ4n) is 1.89. The Morgan fingerprint density at radius 3 is 2.30 bits per heavy atom. The summed E-state index contributed by atoms with van der Waals surface area (Å²) in [5.41, 5.74) is 0. The molecule has 1 atom stereocenters. The van der Waals surface area contributed by atoms with Gasteiger partial charge in [0.2, 0.25) is 0 Å². The highest BCUT2D eigenvalue weighted by Gasteiger charge is 2.17. The van der Waals surface area contributed by atoms with Crippen LogP contribution in [0.1, 0.15) is 39.5 Å². The molecule has 1 fully saturated rings. The Bertz CT molecular complexity index is 280. The molecule has 0 aromatic heterocycles. The molecular weight excluding hydrogens is 264 g/mol. The molecule has 1 unspecified atom stereocenters. The van der Waals surface area contributed by atoms with Crippen molar-refractivity contribution in [3.05, 3.63) is 0 Å². The average molecular weight is 288 g/mol. The van der Waals surface area contributed by atoms with Gasteiger partial charge < -0.3 is 18.9 Å². The van der Waals surface area contributed by atoms with E-state index in [2.05, 4.69) is 0 Å². The highest BCUT2D eigenvalue weighted by atomic mass is 16.7. The molecule has 0 spiro atoms. The number of hydrogen-bond donors (Lipinski definition) is 0. The second kappa shape index (κ2) is 9.72. The van der Waals surface area contributed by atoms with Gasteiger partial charge in [-0.1, -0.05) is 0 Å². The van der Waals surface area contributed by atoms with Gasteiger partial charge in [0.1, 0.15) is 0 Å². The summed E-state index contributed by atoms with van der Waals surface area (Å²) in [7, 11) is 0. The molecule has 0 aromatic rings. The van der Waals surface area contributed by atoms with Crippen molar-refractivity contribution >= 4 is 11.9 Å². The highest BCUT2D eigenvalue weighted by molar-refractivity contribution is 5.66. The first-order valence-electron chi connectivity index (χ1n) is 7.08. The zero-order valence-corrected chi connectivity index (χ0v) is 12.3. The van der Waals surface area contributed by atoms with Gasteiger partial charge in [0, 0.05) is 26.4 Å². The van der Waals surface area contributed by atoms with E-state index >= 15 is 0 Å². The number of carbonyl (C=O) groups excluding carboxylic acids is 2. The molecule has 1 aliphatic heterocycles. The third-order valence-electron chi connectivity index (χ3n) is 3.01. The van der Waals surface area contributed by atoms with E-state index in [9.17, 15) is 9.59 Å². The second-order valence-electron chi connectivity index (χ2n) is 4.93. The lowest BCUT2D eigenvalue weighted by atomic mass is 10.1. The monoisotopic (exact) mass is 288 g/mol. The van der Waals surface area contributed by atoms with Crippen LogP contribution in [0.5, 0.6) is 0 Å². The summed E-state index contributed by atoms with van der Waals surface area (Å²) in [6.45, 7) is 4.42. The minimum atomic E-state index is -0.339. The predicted molar refractivity (Wildman–Crippen MR) is 70.9 cm³/mol. The van der Waals surface area contributed by atoms with Crippen LogP contribution in [0.4, 0.5) is 0 Å². The Hall–Kier alpha value is -1.14. The molecule has 1 saturated heterocycles. The number of carbonyl (C=O) groups is 2. The van der Waals surface area contributed by atoms with Crippen LogP contribution >= 0.6 is 0 Å². The molecule has 0 amide bonds. The van der Waals surface area contributed by atoms with E-state index in [1.807, 2.05) is 0 Å². The Morgan fingerprint density at radius 1 is 1.15 bits per heavy atom. The van der Waals surface area contributed by atoms with Gasteiger partial charge in [0.15, 0.2) is 6.29 Å². The number of hydrogen-bond acceptors (Lipinski definition) is 6. The van der Waals surface area contributed by atoms with Crippen LogP contribution in [0.25, 0.3) is 0 Å². The molecule has 0 N–H and O–H groups in total. The van der Waals surface area contributed by atoms with Crippen molar-refractivity contribution in [1.82, 2.24) is 0 Å². The number of rotatable bonds is 8. The van der Waals surface area contributed by atoms with E-state index in [4.69, 9.17) is 18.9 Å². The van der Waals surface area contributed by atoms with E-state index in [1.165, 1.54) is 13.8 Å². The van der Waals surface area contributed by atoms with Gasteiger partial charge in [-0.2, -0.15) is 0 Å². The zero-order valence-electron chi connectivity index (χ0n) is 12.3. The third-order valence-corrected chi connectivity index (χ3v) is 3.01. The molecule has 0 radical (unpaired) electrons. The second-order valence-corrected chi connectivity index (χ2v) is 4.93. The maximum atomic E-state index is 10.8. The first kappa shape index (κ1) is 16.9. The van der Waals surface area contributed by atoms with Crippen molar-refractivity contribution in [2.45, 2.75) is 45.8 Å². The molecule has 0 aliphatic carbocycles. The van der Waals surface area contributed by atoms with Crippen molar-refractivity contribution in [3.8, 4) is 0 Å². The number of esters is 2. The standard InChI is InChI=1S/C14H24O6/c1-11(15)19-9-13(10-20-12(2)16)6-8-18-14-5-3-4-7-17-14/h13-14H,3-10H2,1-2H3. The quantitative estimate of drug-likeness (QED) is 0.633. The molecule has 6 nitrogen and oxygen atoms in total. The van der Waals surface area contributed by atoms with Gasteiger partial charge in [-0.25, -0.2) is 0 Å². The van der Waals surface area contributed by atoms with Crippen LogP contribution in [0.3, 0.4) is 0 Å². The van der Waals surface area contributed by atoms with E-state index in [0.717, 1.165) is 25.9 Å². The zero-order chi connectivity index (χ0) is 14.8. The molecule has 6 heteroatoms. The third kappa shape index (κ3) is 8.12. The summed E-state index contributed by atoms with van der Waals surface area (Å²) in [5, 5.41) is 0. The van der Waals surface area contributed by atoms with Crippen molar-refractivity contribution in [2.75, 3.05) is 26.4 Å². The minimum absolute atomic E-state index is 0.0496. The molecule has 20 heavy (non-hydrogen) atoms. The van der Waals surface area contributed by atoms with E-state index in [0.29, 0.717) is 13.0 Å². The average Bonchev–Trinajstić information content (AvgIpc) is 2.42. The van der Waals surface area contributed by atoms with Gasteiger partial charge in [0.25, 0.3) is 0 Å². The molecular formula is C14H24O6. The number of ether oxygens (including phenoxy) is 4. The molecule has 1 heterocycles. The maximum Gasteiger partial charge on any atom is 0.302 e. The van der Waals surface area contributed by atoms with Crippen molar-refractivity contribution < 1.29 is 28.5 Å². The topological polar surface area (TPSA) is 71.1 Å². The Kier molecular flexibility index (Phi) is 8.22. The van der Waals surface area contributed by atoms with Crippen molar-refractivity contribution in [1.29, 1.82) is 0 Å². The molecule has 0 saturated carbocycles.